The molecule has 1 aromatic rings. The highest BCUT2D eigenvalue weighted by atomic mass is 16.2. The summed E-state index contributed by atoms with van der Waals surface area (Å²) in [6.07, 6.45) is 3.80. The second kappa shape index (κ2) is 6.87. The molecule has 1 aromatic heterocycles. The fraction of sp³-hybridized carbons (Fsp3) is 0.529. The number of anilines is 1. The van der Waals surface area contributed by atoms with Crippen molar-refractivity contribution >= 4 is 17.6 Å². The maximum absolute atomic E-state index is 12.6. The quantitative estimate of drug-likeness (QED) is 0.871. The third-order valence-electron chi connectivity index (χ3n) is 4.95. The molecular formula is C17H21N5O2. The molecule has 2 aliphatic heterocycles. The molecule has 0 radical (unpaired) electrons. The molecule has 2 saturated heterocycles. The summed E-state index contributed by atoms with van der Waals surface area (Å²) in [4.78, 5) is 32.1. The predicted molar refractivity (Wildman–Crippen MR) is 87.8 cm³/mol. The molecule has 0 bridgehead atoms. The number of aromatic nitrogens is 1. The molecule has 24 heavy (non-hydrogen) atoms. The Morgan fingerprint density at radius 1 is 1.17 bits per heavy atom. The van der Waals surface area contributed by atoms with Crippen molar-refractivity contribution in [2.24, 2.45) is 17.6 Å². The van der Waals surface area contributed by atoms with E-state index in [1.165, 1.54) is 0 Å². The van der Waals surface area contributed by atoms with E-state index in [2.05, 4.69) is 16.0 Å². The fourth-order valence-electron chi connectivity index (χ4n) is 3.45. The topological polar surface area (TPSA) is 103 Å². The van der Waals surface area contributed by atoms with Crippen LogP contribution in [0.15, 0.2) is 18.3 Å². The fourth-order valence-corrected chi connectivity index (χ4v) is 3.45. The number of hydrogen-bond acceptors (Lipinski definition) is 5. The molecule has 0 aromatic carbocycles. The van der Waals surface area contributed by atoms with Crippen molar-refractivity contribution in [2.75, 3.05) is 31.1 Å². The Kier molecular flexibility index (Phi) is 4.65. The number of primary amides is 1. The normalized spacial score (nSPS) is 21.5. The van der Waals surface area contributed by atoms with E-state index in [4.69, 9.17) is 11.0 Å². The number of amides is 2. The maximum Gasteiger partial charge on any atom is 0.225 e. The Morgan fingerprint density at radius 3 is 2.42 bits per heavy atom. The standard InChI is InChI=1S/C17H21N5O2/c18-9-12-1-2-15(20-10-12)21-6-3-13(4-7-21)17(24)22-8-5-14(11-22)16(19)23/h1-2,10,13-14H,3-8,11H2,(H2,19,23). The van der Waals surface area contributed by atoms with E-state index < -0.39 is 0 Å². The Morgan fingerprint density at radius 2 is 1.88 bits per heavy atom. The number of rotatable bonds is 3. The number of likely N-dealkylation sites (tertiary alicyclic amines) is 1. The van der Waals surface area contributed by atoms with E-state index in [0.717, 1.165) is 31.7 Å². The zero-order chi connectivity index (χ0) is 17.1. The zero-order valence-corrected chi connectivity index (χ0v) is 13.5. The number of nitriles is 1. The lowest BCUT2D eigenvalue weighted by Crippen LogP contribution is -2.42. The predicted octanol–water partition coefficient (Wildman–Crippen LogP) is 0.503. The average Bonchev–Trinajstić information content (AvgIpc) is 3.12. The van der Waals surface area contributed by atoms with Gasteiger partial charge in [-0.3, -0.25) is 9.59 Å². The summed E-state index contributed by atoms with van der Waals surface area (Å²) in [6, 6.07) is 5.66. The molecule has 0 aliphatic carbocycles. The smallest absolute Gasteiger partial charge is 0.225 e. The summed E-state index contributed by atoms with van der Waals surface area (Å²) in [5, 5.41) is 8.82. The molecule has 2 amide bonds. The van der Waals surface area contributed by atoms with Gasteiger partial charge in [0.1, 0.15) is 11.9 Å². The monoisotopic (exact) mass is 327 g/mol. The lowest BCUT2D eigenvalue weighted by molar-refractivity contribution is -0.135. The number of hydrogen-bond donors (Lipinski definition) is 1. The third kappa shape index (κ3) is 3.32. The summed E-state index contributed by atoms with van der Waals surface area (Å²) in [6.45, 7) is 2.63. The van der Waals surface area contributed by atoms with Gasteiger partial charge in [0, 0.05) is 38.3 Å². The molecule has 7 heteroatoms. The van der Waals surface area contributed by atoms with Gasteiger partial charge in [-0.1, -0.05) is 0 Å². The highest BCUT2D eigenvalue weighted by Crippen LogP contribution is 2.26. The summed E-state index contributed by atoms with van der Waals surface area (Å²) >= 11 is 0. The third-order valence-corrected chi connectivity index (χ3v) is 4.95. The Bertz CT molecular complexity index is 659. The maximum atomic E-state index is 12.6. The molecule has 126 valence electrons. The number of carbonyl (C=O) groups excluding carboxylic acids is 2. The van der Waals surface area contributed by atoms with Gasteiger partial charge in [0.15, 0.2) is 0 Å². The molecule has 0 spiro atoms. The van der Waals surface area contributed by atoms with E-state index in [1.807, 2.05) is 6.07 Å². The van der Waals surface area contributed by atoms with Gasteiger partial charge in [0.25, 0.3) is 0 Å². The summed E-state index contributed by atoms with van der Waals surface area (Å²) < 4.78 is 0. The SMILES string of the molecule is N#Cc1ccc(N2CCC(C(=O)N3CCC(C(N)=O)C3)CC2)nc1. The molecule has 3 heterocycles. The molecule has 0 saturated carbocycles. The van der Waals surface area contributed by atoms with Crippen LogP contribution in [0.3, 0.4) is 0 Å². The van der Waals surface area contributed by atoms with Gasteiger partial charge < -0.3 is 15.5 Å². The van der Waals surface area contributed by atoms with Crippen molar-refractivity contribution in [3.05, 3.63) is 23.9 Å². The van der Waals surface area contributed by atoms with Crippen molar-refractivity contribution in [1.82, 2.24) is 9.88 Å². The van der Waals surface area contributed by atoms with Crippen molar-refractivity contribution in [2.45, 2.75) is 19.3 Å². The zero-order valence-electron chi connectivity index (χ0n) is 13.5. The minimum Gasteiger partial charge on any atom is -0.369 e. The van der Waals surface area contributed by atoms with Crippen LogP contribution < -0.4 is 10.6 Å². The number of nitrogens with zero attached hydrogens (tertiary/aromatic N) is 4. The van der Waals surface area contributed by atoms with Crippen molar-refractivity contribution in [3.8, 4) is 6.07 Å². The lowest BCUT2D eigenvalue weighted by Gasteiger charge is -2.33. The first kappa shape index (κ1) is 16.2. The van der Waals surface area contributed by atoms with Crippen LogP contribution in [-0.2, 0) is 9.59 Å². The molecular weight excluding hydrogens is 306 g/mol. The molecule has 1 atom stereocenters. The minimum atomic E-state index is -0.313. The average molecular weight is 327 g/mol. The van der Waals surface area contributed by atoms with E-state index in [0.29, 0.717) is 25.1 Å². The van der Waals surface area contributed by atoms with E-state index in [1.54, 1.807) is 17.2 Å². The van der Waals surface area contributed by atoms with Crippen LogP contribution in [0.5, 0.6) is 0 Å². The van der Waals surface area contributed by atoms with E-state index in [-0.39, 0.29) is 23.7 Å². The number of piperidine rings is 1. The van der Waals surface area contributed by atoms with Gasteiger partial charge in [-0.2, -0.15) is 5.26 Å². The Hall–Kier alpha value is -2.62. The minimum absolute atomic E-state index is 0.00579. The van der Waals surface area contributed by atoms with Crippen molar-refractivity contribution < 1.29 is 9.59 Å². The molecule has 2 fully saturated rings. The Balaban J connectivity index is 1.54. The molecule has 2 aliphatic rings. The van der Waals surface area contributed by atoms with Crippen LogP contribution in [0.25, 0.3) is 0 Å². The number of pyridine rings is 1. The van der Waals surface area contributed by atoms with Crippen LogP contribution >= 0.6 is 0 Å². The van der Waals surface area contributed by atoms with Crippen molar-refractivity contribution in [3.63, 3.8) is 0 Å². The second-order valence-corrected chi connectivity index (χ2v) is 6.45. The van der Waals surface area contributed by atoms with E-state index in [9.17, 15) is 9.59 Å². The van der Waals surface area contributed by atoms with Crippen LogP contribution in [0.4, 0.5) is 5.82 Å². The molecule has 2 N–H and O–H groups in total. The van der Waals surface area contributed by atoms with Crippen LogP contribution in [0.2, 0.25) is 0 Å². The Labute approximate surface area is 141 Å². The van der Waals surface area contributed by atoms with Crippen LogP contribution in [-0.4, -0.2) is 47.9 Å². The lowest BCUT2D eigenvalue weighted by atomic mass is 9.95. The largest absolute Gasteiger partial charge is 0.369 e. The summed E-state index contributed by atoms with van der Waals surface area (Å²) in [7, 11) is 0. The van der Waals surface area contributed by atoms with Gasteiger partial charge in [0.05, 0.1) is 11.5 Å². The first-order valence-electron chi connectivity index (χ1n) is 8.27. The van der Waals surface area contributed by atoms with Crippen LogP contribution in [0, 0.1) is 23.2 Å². The van der Waals surface area contributed by atoms with Gasteiger partial charge in [-0.25, -0.2) is 4.98 Å². The number of nitrogens with two attached hydrogens (primary N) is 1. The number of carbonyl (C=O) groups is 2. The van der Waals surface area contributed by atoms with Gasteiger partial charge in [0.2, 0.25) is 11.8 Å². The molecule has 7 nitrogen and oxygen atoms in total. The molecule has 3 rings (SSSR count). The summed E-state index contributed by atoms with van der Waals surface area (Å²) in [5.41, 5.74) is 5.87. The first-order valence-corrected chi connectivity index (χ1v) is 8.27. The highest BCUT2D eigenvalue weighted by Gasteiger charge is 2.34. The van der Waals surface area contributed by atoms with E-state index >= 15 is 0 Å². The second-order valence-electron chi connectivity index (χ2n) is 6.45. The van der Waals surface area contributed by atoms with Gasteiger partial charge in [-0.15, -0.1) is 0 Å². The van der Waals surface area contributed by atoms with Crippen LogP contribution in [0.1, 0.15) is 24.8 Å². The molecule has 1 unspecified atom stereocenters. The van der Waals surface area contributed by atoms with Gasteiger partial charge >= 0.3 is 0 Å². The van der Waals surface area contributed by atoms with Gasteiger partial charge in [-0.05, 0) is 31.4 Å². The van der Waals surface area contributed by atoms with Crippen molar-refractivity contribution in [1.29, 1.82) is 5.26 Å². The highest BCUT2D eigenvalue weighted by molar-refractivity contribution is 5.82. The first-order chi connectivity index (χ1) is 11.6. The summed E-state index contributed by atoms with van der Waals surface area (Å²) in [5.74, 6) is 0.483.